The number of hydrogen-bond acceptors (Lipinski definition) is 12. The van der Waals surface area contributed by atoms with E-state index in [1.165, 1.54) is 12.2 Å². The van der Waals surface area contributed by atoms with Crippen LogP contribution in [-0.2, 0) is 52.6 Å². The van der Waals surface area contributed by atoms with Crippen molar-refractivity contribution in [2.24, 2.45) is 0 Å². The van der Waals surface area contributed by atoms with Gasteiger partial charge < -0.3 is 29.1 Å². The van der Waals surface area contributed by atoms with Crippen molar-refractivity contribution < 1.29 is 52.6 Å². The van der Waals surface area contributed by atoms with E-state index in [9.17, 15) is 28.8 Å². The molecule has 0 aliphatic carbocycles. The van der Waals surface area contributed by atoms with Crippen molar-refractivity contribution in [3.8, 4) is 0 Å². The molecule has 0 saturated carbocycles. The van der Waals surface area contributed by atoms with E-state index in [1.54, 1.807) is 0 Å². The first-order valence-corrected chi connectivity index (χ1v) is 12.0. The van der Waals surface area contributed by atoms with Crippen molar-refractivity contribution in [3.05, 3.63) is 12.2 Å². The Balaban J connectivity index is 1.28. The highest BCUT2D eigenvalue weighted by molar-refractivity contribution is 6.13. The van der Waals surface area contributed by atoms with Gasteiger partial charge in [0, 0.05) is 44.5 Å². The maximum atomic E-state index is 11.8. The number of carbonyl (C=O) groups is 6. The summed E-state index contributed by atoms with van der Waals surface area (Å²) < 4.78 is 21.3. The van der Waals surface area contributed by atoms with E-state index in [0.29, 0.717) is 51.2 Å². The minimum absolute atomic E-state index is 0.0491. The predicted molar refractivity (Wildman–Crippen MR) is 123 cm³/mol. The Morgan fingerprint density at radius 1 is 0.730 bits per heavy atom. The lowest BCUT2D eigenvalue weighted by Gasteiger charge is -2.13. The van der Waals surface area contributed by atoms with E-state index in [1.807, 2.05) is 0 Å². The quantitative estimate of drug-likeness (QED) is 0.136. The first-order chi connectivity index (χ1) is 17.9. The van der Waals surface area contributed by atoms with Gasteiger partial charge in [-0.25, -0.2) is 4.79 Å². The van der Waals surface area contributed by atoms with Crippen LogP contribution in [0.15, 0.2) is 12.2 Å². The zero-order valence-corrected chi connectivity index (χ0v) is 20.6. The summed E-state index contributed by atoms with van der Waals surface area (Å²) in [5.41, 5.74) is 0. The standard InChI is InChI=1S/C23H33N3O11/c27-18(5-8-25-19(28)1-2-20(25)29)17-24-7-10-34-12-14-36-16-15-35-13-11-33-9-6-23(32)37-26-21(30)3-4-22(26)31/h1-2,24H,3-17H2. The zero-order valence-electron chi connectivity index (χ0n) is 20.6. The SMILES string of the molecule is O=C(CCN1C(=O)C=CC1=O)CNCCOCCOCCOCCOCCC(=O)ON1C(=O)CCC1=O. The van der Waals surface area contributed by atoms with Crippen LogP contribution in [0.4, 0.5) is 0 Å². The average molecular weight is 528 g/mol. The zero-order chi connectivity index (χ0) is 26.9. The third-order valence-electron chi connectivity index (χ3n) is 5.03. The van der Waals surface area contributed by atoms with Crippen LogP contribution in [-0.4, -0.2) is 118 Å². The summed E-state index contributed by atoms with van der Waals surface area (Å²) in [5, 5.41) is 3.45. The van der Waals surface area contributed by atoms with Crippen LogP contribution in [0.25, 0.3) is 0 Å². The molecule has 37 heavy (non-hydrogen) atoms. The van der Waals surface area contributed by atoms with E-state index in [2.05, 4.69) is 5.32 Å². The maximum Gasteiger partial charge on any atom is 0.335 e. The number of Topliss-reactive ketones (excluding diaryl/α,β-unsaturated/α-hetero) is 1. The lowest BCUT2D eigenvalue weighted by molar-refractivity contribution is -0.198. The number of nitrogens with zero attached hydrogens (tertiary/aromatic N) is 2. The van der Waals surface area contributed by atoms with Crippen molar-refractivity contribution in [3.63, 3.8) is 0 Å². The Labute approximate surface area is 214 Å². The number of nitrogens with one attached hydrogen (secondary N) is 1. The fourth-order valence-corrected chi connectivity index (χ4v) is 3.07. The van der Waals surface area contributed by atoms with Crippen LogP contribution in [0, 0.1) is 0 Å². The molecule has 2 aliphatic heterocycles. The highest BCUT2D eigenvalue weighted by Gasteiger charge is 2.32. The molecule has 2 rings (SSSR count). The summed E-state index contributed by atoms with van der Waals surface area (Å²) in [7, 11) is 0. The predicted octanol–water partition coefficient (Wildman–Crippen LogP) is -1.48. The van der Waals surface area contributed by atoms with Gasteiger partial charge in [0.05, 0.1) is 65.8 Å². The molecule has 0 spiro atoms. The summed E-state index contributed by atoms with van der Waals surface area (Å²) in [6, 6.07) is 0. The molecule has 2 heterocycles. The number of ketones is 1. The summed E-state index contributed by atoms with van der Waals surface area (Å²) in [6.45, 7) is 3.24. The van der Waals surface area contributed by atoms with E-state index < -0.39 is 29.6 Å². The molecule has 1 saturated heterocycles. The largest absolute Gasteiger partial charge is 0.378 e. The highest BCUT2D eigenvalue weighted by Crippen LogP contribution is 2.12. The van der Waals surface area contributed by atoms with E-state index in [4.69, 9.17) is 23.8 Å². The molecule has 4 amide bonds. The van der Waals surface area contributed by atoms with Crippen molar-refractivity contribution in [2.45, 2.75) is 25.7 Å². The Bertz CT molecular complexity index is 812. The van der Waals surface area contributed by atoms with Crippen LogP contribution in [0.2, 0.25) is 0 Å². The molecule has 0 unspecified atom stereocenters. The molecule has 0 aromatic carbocycles. The number of hydrogen-bond donors (Lipinski definition) is 1. The molecule has 206 valence electrons. The highest BCUT2D eigenvalue weighted by atomic mass is 16.7. The Morgan fingerprint density at radius 2 is 1.24 bits per heavy atom. The number of imide groups is 2. The number of rotatable bonds is 21. The van der Waals surface area contributed by atoms with Gasteiger partial charge in [-0.05, 0) is 0 Å². The van der Waals surface area contributed by atoms with Crippen LogP contribution < -0.4 is 5.32 Å². The normalized spacial score (nSPS) is 15.4. The smallest absolute Gasteiger partial charge is 0.335 e. The molecule has 0 bridgehead atoms. The summed E-state index contributed by atoms with van der Waals surface area (Å²) >= 11 is 0. The third-order valence-corrected chi connectivity index (χ3v) is 5.03. The van der Waals surface area contributed by atoms with E-state index >= 15 is 0 Å². The molecule has 0 aromatic rings. The third kappa shape index (κ3) is 12.2. The summed E-state index contributed by atoms with van der Waals surface area (Å²) in [4.78, 5) is 74.6. The fraction of sp³-hybridized carbons (Fsp3) is 0.652. The second kappa shape index (κ2) is 17.4. The number of ether oxygens (including phenoxy) is 4. The molecule has 0 aromatic heterocycles. The minimum Gasteiger partial charge on any atom is -0.378 e. The second-order valence-electron chi connectivity index (χ2n) is 7.87. The van der Waals surface area contributed by atoms with Crippen LogP contribution >= 0.6 is 0 Å². The lowest BCUT2D eigenvalue weighted by atomic mass is 10.2. The molecule has 2 aliphatic rings. The van der Waals surface area contributed by atoms with Gasteiger partial charge in [0.25, 0.3) is 23.6 Å². The monoisotopic (exact) mass is 527 g/mol. The molecule has 14 nitrogen and oxygen atoms in total. The Hall–Kier alpha value is -3.04. The average Bonchev–Trinajstić information content (AvgIpc) is 3.36. The van der Waals surface area contributed by atoms with E-state index in [0.717, 1.165) is 4.90 Å². The van der Waals surface area contributed by atoms with Gasteiger partial charge in [0.1, 0.15) is 5.78 Å². The van der Waals surface area contributed by atoms with Crippen molar-refractivity contribution in [1.82, 2.24) is 15.3 Å². The maximum absolute atomic E-state index is 11.8. The van der Waals surface area contributed by atoms with Crippen LogP contribution in [0.3, 0.4) is 0 Å². The van der Waals surface area contributed by atoms with Crippen molar-refractivity contribution in [1.29, 1.82) is 0 Å². The molecule has 1 fully saturated rings. The van der Waals surface area contributed by atoms with Crippen LogP contribution in [0.5, 0.6) is 0 Å². The van der Waals surface area contributed by atoms with Crippen molar-refractivity contribution in [2.75, 3.05) is 72.5 Å². The molecule has 0 radical (unpaired) electrons. The molecule has 14 heteroatoms. The molecular weight excluding hydrogens is 494 g/mol. The Kier molecular flexibility index (Phi) is 14.2. The number of hydroxylamine groups is 2. The van der Waals surface area contributed by atoms with Gasteiger partial charge in [-0.15, -0.1) is 5.06 Å². The number of carbonyl (C=O) groups excluding carboxylic acids is 6. The van der Waals surface area contributed by atoms with Gasteiger partial charge in [0.2, 0.25) is 0 Å². The lowest BCUT2D eigenvalue weighted by Crippen LogP contribution is -2.34. The van der Waals surface area contributed by atoms with E-state index in [-0.39, 0.29) is 57.8 Å². The molecular formula is C23H33N3O11. The first-order valence-electron chi connectivity index (χ1n) is 12.0. The topological polar surface area (TPSA) is 167 Å². The fourth-order valence-electron chi connectivity index (χ4n) is 3.07. The molecule has 0 atom stereocenters. The van der Waals surface area contributed by atoms with Crippen molar-refractivity contribution >= 4 is 35.4 Å². The Morgan fingerprint density at radius 3 is 1.81 bits per heavy atom. The second-order valence-corrected chi connectivity index (χ2v) is 7.87. The summed E-state index contributed by atoms with van der Waals surface area (Å²) in [6.07, 6.45) is 2.49. The van der Waals surface area contributed by atoms with Gasteiger partial charge in [0.15, 0.2) is 0 Å². The first kappa shape index (κ1) is 30.2. The van der Waals surface area contributed by atoms with Crippen LogP contribution in [0.1, 0.15) is 25.7 Å². The van der Waals surface area contributed by atoms with Gasteiger partial charge >= 0.3 is 5.97 Å². The van der Waals surface area contributed by atoms with Gasteiger partial charge in [-0.3, -0.25) is 28.9 Å². The molecule has 1 N–H and O–H groups in total. The summed E-state index contributed by atoms with van der Waals surface area (Å²) in [5.74, 6) is -2.65. The van der Waals surface area contributed by atoms with Gasteiger partial charge in [-0.2, -0.15) is 0 Å². The van der Waals surface area contributed by atoms with Gasteiger partial charge in [-0.1, -0.05) is 0 Å². The number of amides is 4. The minimum atomic E-state index is -0.715.